The first-order chi connectivity index (χ1) is 10.2. The third kappa shape index (κ3) is 2.85. The number of nitrogens with two attached hydrogens (primary N) is 1. The number of carbonyl (C=O) groups is 1. The Balaban J connectivity index is 1.89. The van der Waals surface area contributed by atoms with E-state index in [4.69, 9.17) is 5.73 Å². The molecule has 4 heteroatoms. The van der Waals surface area contributed by atoms with Crippen LogP contribution in [0.2, 0.25) is 0 Å². The van der Waals surface area contributed by atoms with Crippen LogP contribution in [0, 0.1) is 6.92 Å². The molecule has 2 heterocycles. The van der Waals surface area contributed by atoms with Crippen LogP contribution in [-0.4, -0.2) is 37.0 Å². The van der Waals surface area contributed by atoms with Crippen LogP contribution in [0.4, 0.5) is 11.4 Å². The minimum absolute atomic E-state index is 0.104. The summed E-state index contributed by atoms with van der Waals surface area (Å²) in [4.78, 5) is 17.1. The second kappa shape index (κ2) is 5.96. The van der Waals surface area contributed by atoms with Gasteiger partial charge in [-0.3, -0.25) is 4.79 Å². The average Bonchev–Trinajstić information content (AvgIpc) is 3.02. The maximum absolute atomic E-state index is 12.7. The van der Waals surface area contributed by atoms with Crippen LogP contribution in [0.5, 0.6) is 0 Å². The number of piperidine rings is 1. The van der Waals surface area contributed by atoms with Crippen molar-refractivity contribution >= 4 is 17.3 Å². The molecule has 0 spiro atoms. The van der Waals surface area contributed by atoms with Gasteiger partial charge in [0.2, 0.25) is 0 Å². The molecule has 0 aromatic heterocycles. The van der Waals surface area contributed by atoms with Gasteiger partial charge in [0.1, 0.15) is 0 Å². The van der Waals surface area contributed by atoms with Crippen molar-refractivity contribution in [3.63, 3.8) is 0 Å². The van der Waals surface area contributed by atoms with E-state index in [1.165, 1.54) is 30.5 Å². The molecule has 1 aromatic rings. The molecule has 2 aliphatic heterocycles. The molecule has 0 atom stereocenters. The highest BCUT2D eigenvalue weighted by Crippen LogP contribution is 2.30. The van der Waals surface area contributed by atoms with E-state index in [0.717, 1.165) is 39.0 Å². The number of nitrogens with zero attached hydrogens (tertiary/aromatic N) is 2. The number of hydrogen-bond donors (Lipinski definition) is 1. The van der Waals surface area contributed by atoms with Gasteiger partial charge >= 0.3 is 0 Å². The molecule has 21 heavy (non-hydrogen) atoms. The van der Waals surface area contributed by atoms with Gasteiger partial charge in [0.25, 0.3) is 5.91 Å². The minimum Gasteiger partial charge on any atom is -0.398 e. The number of amides is 1. The maximum atomic E-state index is 12.7. The van der Waals surface area contributed by atoms with Crippen LogP contribution in [0.1, 0.15) is 48.0 Å². The van der Waals surface area contributed by atoms with E-state index < -0.39 is 0 Å². The second-order valence-corrected chi connectivity index (χ2v) is 6.27. The van der Waals surface area contributed by atoms with Gasteiger partial charge in [0, 0.05) is 37.6 Å². The Bertz CT molecular complexity index is 529. The summed E-state index contributed by atoms with van der Waals surface area (Å²) in [5.74, 6) is 0.104. The van der Waals surface area contributed by atoms with Crippen LogP contribution < -0.4 is 10.6 Å². The van der Waals surface area contributed by atoms with Gasteiger partial charge in [-0.05, 0) is 56.7 Å². The van der Waals surface area contributed by atoms with E-state index in [1.807, 2.05) is 17.0 Å². The lowest BCUT2D eigenvalue weighted by Gasteiger charge is -2.28. The molecule has 0 unspecified atom stereocenters. The number of nitrogen functional groups attached to an aromatic ring is 1. The van der Waals surface area contributed by atoms with Gasteiger partial charge in [-0.15, -0.1) is 0 Å². The van der Waals surface area contributed by atoms with Crippen molar-refractivity contribution in [1.29, 1.82) is 0 Å². The fourth-order valence-corrected chi connectivity index (χ4v) is 3.47. The van der Waals surface area contributed by atoms with Gasteiger partial charge in [-0.1, -0.05) is 0 Å². The van der Waals surface area contributed by atoms with E-state index in [0.29, 0.717) is 11.3 Å². The smallest absolute Gasteiger partial charge is 0.256 e. The van der Waals surface area contributed by atoms with E-state index in [9.17, 15) is 4.79 Å². The Kier molecular flexibility index (Phi) is 4.04. The van der Waals surface area contributed by atoms with Crippen molar-refractivity contribution in [2.24, 2.45) is 0 Å². The molecule has 3 rings (SSSR count). The molecule has 1 aromatic carbocycles. The van der Waals surface area contributed by atoms with Gasteiger partial charge in [-0.25, -0.2) is 0 Å². The summed E-state index contributed by atoms with van der Waals surface area (Å²) in [7, 11) is 0. The first-order valence-electron chi connectivity index (χ1n) is 8.11. The first-order valence-corrected chi connectivity index (χ1v) is 8.11. The molecular weight excluding hydrogens is 262 g/mol. The molecular formula is C17H25N3O. The third-order valence-electron chi connectivity index (χ3n) is 4.69. The van der Waals surface area contributed by atoms with Crippen molar-refractivity contribution in [1.82, 2.24) is 4.90 Å². The number of likely N-dealkylation sites (tertiary alicyclic amines) is 1. The number of anilines is 2. The zero-order chi connectivity index (χ0) is 14.8. The molecule has 2 fully saturated rings. The standard InChI is InChI=1S/C17H25N3O/c1-13-11-15(18)14(12-16(13)19-7-5-6-8-19)17(21)20-9-3-2-4-10-20/h11-12H,2-10,18H2,1H3. The predicted octanol–water partition coefficient (Wildman–Crippen LogP) is 2.80. The van der Waals surface area contributed by atoms with Crippen molar-refractivity contribution in [2.45, 2.75) is 39.0 Å². The quantitative estimate of drug-likeness (QED) is 0.851. The summed E-state index contributed by atoms with van der Waals surface area (Å²) in [6.07, 6.45) is 5.91. The molecule has 114 valence electrons. The van der Waals surface area contributed by atoms with Crippen LogP contribution in [0.15, 0.2) is 12.1 Å². The molecule has 0 radical (unpaired) electrons. The van der Waals surface area contributed by atoms with Crippen LogP contribution in [-0.2, 0) is 0 Å². The van der Waals surface area contributed by atoms with Crippen molar-refractivity contribution in [3.8, 4) is 0 Å². The van der Waals surface area contributed by atoms with E-state index in [2.05, 4.69) is 11.8 Å². The highest BCUT2D eigenvalue weighted by Gasteiger charge is 2.23. The largest absolute Gasteiger partial charge is 0.398 e. The lowest BCUT2D eigenvalue weighted by Crippen LogP contribution is -2.36. The molecule has 2 aliphatic rings. The van der Waals surface area contributed by atoms with Crippen molar-refractivity contribution in [2.75, 3.05) is 36.8 Å². The van der Waals surface area contributed by atoms with Crippen molar-refractivity contribution in [3.05, 3.63) is 23.3 Å². The fourth-order valence-electron chi connectivity index (χ4n) is 3.47. The molecule has 2 saturated heterocycles. The summed E-state index contributed by atoms with van der Waals surface area (Å²) >= 11 is 0. The Morgan fingerprint density at radius 2 is 1.62 bits per heavy atom. The highest BCUT2D eigenvalue weighted by atomic mass is 16.2. The lowest BCUT2D eigenvalue weighted by atomic mass is 10.0. The molecule has 0 aliphatic carbocycles. The Morgan fingerprint density at radius 3 is 2.29 bits per heavy atom. The summed E-state index contributed by atoms with van der Waals surface area (Å²) in [6, 6.07) is 3.98. The molecule has 2 N–H and O–H groups in total. The maximum Gasteiger partial charge on any atom is 0.256 e. The Morgan fingerprint density at radius 1 is 1.00 bits per heavy atom. The number of aryl methyl sites for hydroxylation is 1. The van der Waals surface area contributed by atoms with E-state index in [1.54, 1.807) is 0 Å². The van der Waals surface area contributed by atoms with Gasteiger partial charge in [-0.2, -0.15) is 0 Å². The van der Waals surface area contributed by atoms with Gasteiger partial charge in [0.05, 0.1) is 5.56 Å². The fraction of sp³-hybridized carbons (Fsp3) is 0.588. The zero-order valence-electron chi connectivity index (χ0n) is 12.9. The predicted molar refractivity (Wildman–Crippen MR) is 86.8 cm³/mol. The molecule has 0 bridgehead atoms. The summed E-state index contributed by atoms with van der Waals surface area (Å²) in [6.45, 7) is 5.99. The van der Waals surface area contributed by atoms with Crippen LogP contribution >= 0.6 is 0 Å². The summed E-state index contributed by atoms with van der Waals surface area (Å²) in [5.41, 5.74) is 9.79. The molecule has 4 nitrogen and oxygen atoms in total. The zero-order valence-corrected chi connectivity index (χ0v) is 12.9. The third-order valence-corrected chi connectivity index (χ3v) is 4.69. The Hall–Kier alpha value is -1.71. The van der Waals surface area contributed by atoms with E-state index in [-0.39, 0.29) is 5.91 Å². The summed E-state index contributed by atoms with van der Waals surface area (Å²) < 4.78 is 0. The minimum atomic E-state index is 0.104. The first kappa shape index (κ1) is 14.2. The monoisotopic (exact) mass is 287 g/mol. The topological polar surface area (TPSA) is 49.6 Å². The number of carbonyl (C=O) groups excluding carboxylic acids is 1. The highest BCUT2D eigenvalue weighted by molar-refractivity contribution is 6.00. The molecule has 0 saturated carbocycles. The SMILES string of the molecule is Cc1cc(N)c(C(=O)N2CCCCC2)cc1N1CCCC1. The normalized spacial score (nSPS) is 19.1. The van der Waals surface area contributed by atoms with Gasteiger partial charge < -0.3 is 15.5 Å². The second-order valence-electron chi connectivity index (χ2n) is 6.27. The number of rotatable bonds is 2. The van der Waals surface area contributed by atoms with Crippen molar-refractivity contribution < 1.29 is 4.79 Å². The number of benzene rings is 1. The lowest BCUT2D eigenvalue weighted by molar-refractivity contribution is 0.0725. The Labute approximate surface area is 126 Å². The molecule has 1 amide bonds. The van der Waals surface area contributed by atoms with E-state index >= 15 is 0 Å². The summed E-state index contributed by atoms with van der Waals surface area (Å²) in [5, 5.41) is 0. The van der Waals surface area contributed by atoms with Crippen LogP contribution in [0.25, 0.3) is 0 Å². The van der Waals surface area contributed by atoms with Gasteiger partial charge in [0.15, 0.2) is 0 Å². The number of hydrogen-bond acceptors (Lipinski definition) is 3. The van der Waals surface area contributed by atoms with Crippen LogP contribution in [0.3, 0.4) is 0 Å². The average molecular weight is 287 g/mol.